The van der Waals surface area contributed by atoms with E-state index < -0.39 is 11.9 Å². The van der Waals surface area contributed by atoms with Gasteiger partial charge in [0.1, 0.15) is 5.82 Å². The van der Waals surface area contributed by atoms with Crippen molar-refractivity contribution in [2.45, 2.75) is 56.4 Å². The maximum absolute atomic E-state index is 14.7. The van der Waals surface area contributed by atoms with Crippen LogP contribution in [-0.4, -0.2) is 55.1 Å². The Morgan fingerprint density at radius 1 is 1.26 bits per heavy atom. The molecule has 0 spiro atoms. The van der Waals surface area contributed by atoms with E-state index in [0.29, 0.717) is 38.0 Å². The maximum atomic E-state index is 14.7. The fourth-order valence-corrected chi connectivity index (χ4v) is 4.69. The zero-order chi connectivity index (χ0) is 24.1. The number of hydrogen-bond acceptors (Lipinski definition) is 7. The van der Waals surface area contributed by atoms with E-state index in [1.54, 1.807) is 34.6 Å². The summed E-state index contributed by atoms with van der Waals surface area (Å²) in [6.45, 7) is 1.75. The third-order valence-electron chi connectivity index (χ3n) is 6.45. The van der Waals surface area contributed by atoms with Gasteiger partial charge in [0, 0.05) is 42.8 Å². The number of carbonyl (C=O) groups is 2. The monoisotopic (exact) mass is 523 g/mol. The smallest absolute Gasteiger partial charge is 0.243 e. The molecule has 35 heavy (non-hydrogen) atoms. The van der Waals surface area contributed by atoms with E-state index in [1.165, 1.54) is 6.07 Å². The Morgan fingerprint density at radius 2 is 2.03 bits per heavy atom. The Labute approximate surface area is 215 Å². The van der Waals surface area contributed by atoms with Crippen molar-refractivity contribution in [1.29, 1.82) is 0 Å². The van der Waals surface area contributed by atoms with Crippen molar-refractivity contribution in [2.24, 2.45) is 5.92 Å². The molecule has 8 nitrogen and oxygen atoms in total. The van der Waals surface area contributed by atoms with E-state index >= 15 is 0 Å². The maximum Gasteiger partial charge on any atom is 0.243 e. The summed E-state index contributed by atoms with van der Waals surface area (Å²) in [5, 5.41) is 16.8. The van der Waals surface area contributed by atoms with E-state index in [9.17, 15) is 14.0 Å². The van der Waals surface area contributed by atoms with Gasteiger partial charge in [0.25, 0.3) is 0 Å². The van der Waals surface area contributed by atoms with Crippen molar-refractivity contribution < 1.29 is 19.2 Å². The van der Waals surface area contributed by atoms with Crippen molar-refractivity contribution in [3.05, 3.63) is 53.1 Å². The standard InChI is InChI=1S/C24H30FN5O3S.ClH/c25-20-6-2-1-5-19(20)23(24(32)16-8-9-16)29-12-10-21(34)17(15-29)13-18-14-26-28-30(18)11-4-3-7-22(31)27-33;/h1-2,5-6,13-14,16,21,23,33-34H,3-4,7-12,15H2,(H,27,31);1H. The van der Waals surface area contributed by atoms with Crippen LogP contribution in [0.5, 0.6) is 0 Å². The van der Waals surface area contributed by atoms with Gasteiger partial charge in [-0.2, -0.15) is 12.6 Å². The van der Waals surface area contributed by atoms with Crippen LogP contribution in [-0.2, 0) is 16.1 Å². The number of amides is 1. The van der Waals surface area contributed by atoms with Crippen LogP contribution in [0.15, 0.2) is 36.0 Å². The van der Waals surface area contributed by atoms with Crippen molar-refractivity contribution in [2.75, 3.05) is 13.1 Å². The average molecular weight is 524 g/mol. The molecule has 2 aromatic rings. The number of halogens is 2. The highest BCUT2D eigenvalue weighted by Crippen LogP contribution is 2.39. The minimum Gasteiger partial charge on any atom is -0.297 e. The van der Waals surface area contributed by atoms with Gasteiger partial charge in [-0.25, -0.2) is 14.6 Å². The fraction of sp³-hybridized carbons (Fsp3) is 0.500. The van der Waals surface area contributed by atoms with Crippen LogP contribution in [0.1, 0.15) is 55.8 Å². The lowest BCUT2D eigenvalue weighted by Gasteiger charge is -2.37. The number of Topliss-reactive ketones (excluding diaryl/α,β-unsaturated/α-hetero) is 1. The molecule has 190 valence electrons. The van der Waals surface area contributed by atoms with E-state index in [0.717, 1.165) is 30.5 Å². The molecule has 1 aliphatic heterocycles. The van der Waals surface area contributed by atoms with Crippen LogP contribution >= 0.6 is 25.0 Å². The van der Waals surface area contributed by atoms with Gasteiger partial charge in [-0.05, 0) is 49.8 Å². The first-order chi connectivity index (χ1) is 16.5. The minimum atomic E-state index is -0.598. The minimum absolute atomic E-state index is 0. The number of aromatic nitrogens is 3. The van der Waals surface area contributed by atoms with Crippen LogP contribution in [0.4, 0.5) is 4.39 Å². The van der Waals surface area contributed by atoms with Gasteiger partial charge in [0.2, 0.25) is 5.91 Å². The Balaban J connectivity index is 0.00000342. The first-order valence-corrected chi connectivity index (χ1v) is 12.2. The Bertz CT molecular complexity index is 1060. The van der Waals surface area contributed by atoms with Gasteiger partial charge >= 0.3 is 0 Å². The lowest BCUT2D eigenvalue weighted by molar-refractivity contribution is -0.129. The van der Waals surface area contributed by atoms with Crippen LogP contribution in [0.3, 0.4) is 0 Å². The number of aryl methyl sites for hydroxylation is 1. The van der Waals surface area contributed by atoms with Crippen molar-refractivity contribution >= 4 is 42.8 Å². The number of nitrogens with one attached hydrogen (secondary N) is 1. The molecule has 1 saturated carbocycles. The number of thiol groups is 1. The van der Waals surface area contributed by atoms with Gasteiger partial charge in [0.15, 0.2) is 5.78 Å². The molecule has 1 saturated heterocycles. The molecule has 1 aliphatic carbocycles. The van der Waals surface area contributed by atoms with Gasteiger partial charge < -0.3 is 0 Å². The molecular formula is C24H31ClFN5O3S. The molecule has 0 radical (unpaired) electrons. The quantitative estimate of drug-likeness (QED) is 0.190. The summed E-state index contributed by atoms with van der Waals surface area (Å²) in [5.74, 6) is -0.645. The van der Waals surface area contributed by atoms with Gasteiger partial charge in [0.05, 0.1) is 17.9 Å². The van der Waals surface area contributed by atoms with Crippen LogP contribution in [0, 0.1) is 11.7 Å². The van der Waals surface area contributed by atoms with E-state index in [1.807, 2.05) is 6.08 Å². The third-order valence-corrected chi connectivity index (χ3v) is 7.04. The lowest BCUT2D eigenvalue weighted by Crippen LogP contribution is -2.42. The zero-order valence-corrected chi connectivity index (χ0v) is 21.1. The van der Waals surface area contributed by atoms with Crippen LogP contribution < -0.4 is 5.48 Å². The zero-order valence-electron chi connectivity index (χ0n) is 19.3. The number of hydrogen-bond donors (Lipinski definition) is 3. The molecule has 2 fully saturated rings. The molecule has 2 N–H and O–H groups in total. The topological polar surface area (TPSA) is 100 Å². The number of likely N-dealkylation sites (tertiary alicyclic amines) is 1. The summed E-state index contributed by atoms with van der Waals surface area (Å²) in [6.07, 6.45) is 7.73. The van der Waals surface area contributed by atoms with E-state index in [2.05, 4.69) is 15.2 Å². The second-order valence-corrected chi connectivity index (χ2v) is 9.59. The first-order valence-electron chi connectivity index (χ1n) is 11.7. The highest BCUT2D eigenvalue weighted by atomic mass is 35.5. The molecule has 2 heterocycles. The number of carbonyl (C=O) groups excluding carboxylic acids is 2. The fourth-order valence-electron chi connectivity index (χ4n) is 4.42. The normalized spacial score (nSPS) is 20.3. The first kappa shape index (κ1) is 27.3. The van der Waals surface area contributed by atoms with Crippen molar-refractivity contribution in [3.63, 3.8) is 0 Å². The van der Waals surface area contributed by atoms with E-state index in [4.69, 9.17) is 17.8 Å². The number of piperidine rings is 1. The predicted molar refractivity (Wildman–Crippen MR) is 135 cm³/mol. The summed E-state index contributed by atoms with van der Waals surface area (Å²) in [5.41, 5.74) is 3.92. The molecular weight excluding hydrogens is 493 g/mol. The number of unbranched alkanes of at least 4 members (excludes halogenated alkanes) is 1. The number of benzene rings is 1. The largest absolute Gasteiger partial charge is 0.297 e. The van der Waals surface area contributed by atoms with Gasteiger partial charge in [-0.3, -0.25) is 19.7 Å². The summed E-state index contributed by atoms with van der Waals surface area (Å²) >= 11 is 4.77. The molecule has 2 unspecified atom stereocenters. The SMILES string of the molecule is Cl.O=C(CCCCn1nncc1C=C1CN(C(C(=O)C2CC2)c2ccccc2F)CCC1S)NO. The molecule has 1 aromatic carbocycles. The summed E-state index contributed by atoms with van der Waals surface area (Å²) in [6, 6.07) is 5.96. The Morgan fingerprint density at radius 3 is 2.74 bits per heavy atom. The molecule has 1 aromatic heterocycles. The summed E-state index contributed by atoms with van der Waals surface area (Å²) in [7, 11) is 0. The van der Waals surface area contributed by atoms with Crippen LogP contribution in [0.2, 0.25) is 0 Å². The Kier molecular flexibility index (Phi) is 9.85. The number of hydroxylamine groups is 1. The molecule has 2 atom stereocenters. The molecule has 1 amide bonds. The second kappa shape index (κ2) is 12.6. The second-order valence-electron chi connectivity index (χ2n) is 8.97. The molecule has 4 rings (SSSR count). The van der Waals surface area contributed by atoms with Gasteiger partial charge in [-0.1, -0.05) is 23.4 Å². The lowest BCUT2D eigenvalue weighted by atomic mass is 9.93. The molecule has 11 heteroatoms. The number of ketones is 1. The highest BCUT2D eigenvalue weighted by molar-refractivity contribution is 7.81. The number of nitrogens with zero attached hydrogens (tertiary/aromatic N) is 4. The summed E-state index contributed by atoms with van der Waals surface area (Å²) in [4.78, 5) is 26.5. The Hall–Kier alpha value is -2.27. The van der Waals surface area contributed by atoms with Gasteiger partial charge in [-0.15, -0.1) is 17.5 Å². The van der Waals surface area contributed by atoms with Crippen molar-refractivity contribution in [3.8, 4) is 0 Å². The van der Waals surface area contributed by atoms with Crippen LogP contribution in [0.25, 0.3) is 6.08 Å². The highest BCUT2D eigenvalue weighted by Gasteiger charge is 2.40. The molecule has 0 bridgehead atoms. The third kappa shape index (κ3) is 6.91. The number of rotatable bonds is 10. The predicted octanol–water partition coefficient (Wildman–Crippen LogP) is 3.62. The van der Waals surface area contributed by atoms with Crippen molar-refractivity contribution in [1.82, 2.24) is 25.4 Å². The molecule has 2 aliphatic rings. The van der Waals surface area contributed by atoms with E-state index in [-0.39, 0.29) is 41.6 Å². The average Bonchev–Trinajstić information content (AvgIpc) is 3.60. The summed E-state index contributed by atoms with van der Waals surface area (Å²) < 4.78 is 16.5.